The third kappa shape index (κ3) is 4.86. The first kappa shape index (κ1) is 20.0. The predicted molar refractivity (Wildman–Crippen MR) is 101 cm³/mol. The number of benzene rings is 1. The number of nitrogens with one attached hydrogen (secondary N) is 1. The van der Waals surface area contributed by atoms with E-state index in [0.29, 0.717) is 5.16 Å². The lowest BCUT2D eigenvalue weighted by Gasteiger charge is -2.20. The van der Waals surface area contributed by atoms with Crippen molar-refractivity contribution >= 4 is 29.5 Å². The lowest BCUT2D eigenvalue weighted by Crippen LogP contribution is -2.27. The predicted octanol–water partition coefficient (Wildman–Crippen LogP) is 3.13. The van der Waals surface area contributed by atoms with Crippen molar-refractivity contribution in [2.45, 2.75) is 31.5 Å². The van der Waals surface area contributed by atoms with Crippen LogP contribution in [0.5, 0.6) is 0 Å². The summed E-state index contributed by atoms with van der Waals surface area (Å²) in [4.78, 5) is 29.3. The molecule has 1 amide bonds. The number of hydrogen-bond acceptors (Lipinski definition) is 6. The first-order valence-electron chi connectivity index (χ1n) is 8.01. The van der Waals surface area contributed by atoms with Gasteiger partial charge in [0.05, 0.1) is 0 Å². The number of hydrogen-bond donors (Lipinski definition) is 1. The maximum Gasteiger partial charge on any atom is 0.359 e. The highest BCUT2D eigenvalue weighted by atomic mass is 32.2. The van der Waals surface area contributed by atoms with E-state index in [0.717, 1.165) is 5.69 Å². The number of imidazole rings is 1. The van der Waals surface area contributed by atoms with E-state index in [9.17, 15) is 9.59 Å². The molecule has 140 valence electrons. The topological polar surface area (TPSA) is 82.5 Å². The molecule has 0 radical (unpaired) electrons. The molecule has 0 bridgehead atoms. The molecule has 2 aromatic rings. The van der Waals surface area contributed by atoms with E-state index in [2.05, 4.69) is 10.3 Å². The molecule has 0 saturated heterocycles. The number of esters is 1. The number of carbonyl (C=O) groups excluding carboxylic acids is 2. The molecule has 2 rings (SSSR count). The summed E-state index contributed by atoms with van der Waals surface area (Å²) in [6.07, 6.45) is 1.85. The lowest BCUT2D eigenvalue weighted by molar-refractivity contribution is -0.119. The zero-order valence-corrected chi connectivity index (χ0v) is 16.3. The van der Waals surface area contributed by atoms with Crippen LogP contribution in [0.15, 0.2) is 35.5 Å². The minimum Gasteiger partial charge on any atom is -0.455 e. The minimum atomic E-state index is -0.684. The van der Waals surface area contributed by atoms with Crippen LogP contribution >= 0.6 is 11.8 Å². The first-order chi connectivity index (χ1) is 12.3. The Morgan fingerprint density at radius 2 is 1.88 bits per heavy atom. The van der Waals surface area contributed by atoms with Gasteiger partial charge in [0, 0.05) is 12.8 Å². The Morgan fingerprint density at radius 3 is 2.42 bits per heavy atom. The molecule has 0 aliphatic carbocycles. The number of anilines is 1. The standard InChI is InChI=1S/C18H23N3O4S/c1-18(2,3)25-16(23)14-15(19-13(22)11-24-4)20-17(26-5)21(14)12-9-7-6-8-10-12/h6-10H,11H2,1-5H3,(H,19,22). The number of amides is 1. The number of para-hydroxylation sites is 1. The second-order valence-corrected chi connectivity index (χ2v) is 7.22. The smallest absolute Gasteiger partial charge is 0.359 e. The molecule has 7 nitrogen and oxygen atoms in total. The number of aromatic nitrogens is 2. The van der Waals surface area contributed by atoms with E-state index in [4.69, 9.17) is 9.47 Å². The molecule has 8 heteroatoms. The van der Waals surface area contributed by atoms with Crippen LogP contribution in [0.3, 0.4) is 0 Å². The fourth-order valence-electron chi connectivity index (χ4n) is 2.25. The lowest BCUT2D eigenvalue weighted by atomic mass is 10.2. The van der Waals surface area contributed by atoms with Gasteiger partial charge in [-0.2, -0.15) is 0 Å². The summed E-state index contributed by atoms with van der Waals surface area (Å²) >= 11 is 1.36. The third-order valence-corrected chi connectivity index (χ3v) is 3.81. The van der Waals surface area contributed by atoms with E-state index < -0.39 is 17.5 Å². The summed E-state index contributed by atoms with van der Waals surface area (Å²) in [5.74, 6) is -0.820. The van der Waals surface area contributed by atoms with Gasteiger partial charge in [-0.15, -0.1) is 0 Å². The quantitative estimate of drug-likeness (QED) is 0.615. The molecule has 0 unspecified atom stereocenters. The van der Waals surface area contributed by atoms with Gasteiger partial charge in [-0.05, 0) is 39.2 Å². The second kappa shape index (κ2) is 8.37. The van der Waals surface area contributed by atoms with Gasteiger partial charge >= 0.3 is 5.97 Å². The van der Waals surface area contributed by atoms with E-state index in [1.807, 2.05) is 36.6 Å². The number of rotatable bonds is 6. The van der Waals surface area contributed by atoms with Gasteiger partial charge in [-0.25, -0.2) is 9.78 Å². The van der Waals surface area contributed by atoms with Gasteiger partial charge in [0.25, 0.3) is 5.91 Å². The molecule has 0 aliphatic heterocycles. The average molecular weight is 377 g/mol. The summed E-state index contributed by atoms with van der Waals surface area (Å²) in [6.45, 7) is 5.22. The second-order valence-electron chi connectivity index (χ2n) is 6.45. The number of carbonyl (C=O) groups is 2. The Balaban J connectivity index is 2.59. The van der Waals surface area contributed by atoms with Crippen molar-refractivity contribution in [1.29, 1.82) is 0 Å². The Bertz CT molecular complexity index is 782. The normalized spacial score (nSPS) is 11.3. The SMILES string of the molecule is COCC(=O)Nc1nc(SC)n(-c2ccccc2)c1C(=O)OC(C)(C)C. The average Bonchev–Trinajstić information content (AvgIpc) is 2.92. The fourth-order valence-corrected chi connectivity index (χ4v) is 2.82. The van der Waals surface area contributed by atoms with E-state index >= 15 is 0 Å². The van der Waals surface area contributed by atoms with Crippen molar-refractivity contribution in [1.82, 2.24) is 9.55 Å². The molecule has 1 aromatic carbocycles. The van der Waals surface area contributed by atoms with Crippen LogP contribution in [0.1, 0.15) is 31.3 Å². The largest absolute Gasteiger partial charge is 0.455 e. The monoisotopic (exact) mass is 377 g/mol. The Kier molecular flexibility index (Phi) is 6.44. The molecule has 0 saturated carbocycles. The molecule has 1 aromatic heterocycles. The van der Waals surface area contributed by atoms with Crippen molar-refractivity contribution in [2.24, 2.45) is 0 Å². The van der Waals surface area contributed by atoms with Crippen LogP contribution in [-0.2, 0) is 14.3 Å². The molecule has 0 spiro atoms. The zero-order valence-electron chi connectivity index (χ0n) is 15.5. The van der Waals surface area contributed by atoms with Gasteiger partial charge in [0.1, 0.15) is 12.2 Å². The Labute approximate surface area is 157 Å². The first-order valence-corrected chi connectivity index (χ1v) is 9.23. The molecular formula is C18H23N3O4S. The van der Waals surface area contributed by atoms with Crippen LogP contribution in [0.4, 0.5) is 5.82 Å². The maximum atomic E-state index is 12.9. The number of ether oxygens (including phenoxy) is 2. The van der Waals surface area contributed by atoms with Crippen LogP contribution in [0, 0.1) is 0 Å². The highest BCUT2D eigenvalue weighted by Crippen LogP contribution is 2.29. The molecule has 0 fully saturated rings. The van der Waals surface area contributed by atoms with Crippen LogP contribution in [0.25, 0.3) is 5.69 Å². The third-order valence-electron chi connectivity index (χ3n) is 3.17. The minimum absolute atomic E-state index is 0.138. The highest BCUT2D eigenvalue weighted by Gasteiger charge is 2.29. The van der Waals surface area contributed by atoms with Crippen molar-refractivity contribution in [3.8, 4) is 5.69 Å². The van der Waals surface area contributed by atoms with Crippen LogP contribution < -0.4 is 5.32 Å². The summed E-state index contributed by atoms with van der Waals surface area (Å²) in [7, 11) is 1.42. The highest BCUT2D eigenvalue weighted by molar-refractivity contribution is 7.98. The number of methoxy groups -OCH3 is 1. The van der Waals surface area contributed by atoms with E-state index in [1.165, 1.54) is 18.9 Å². The molecular weight excluding hydrogens is 354 g/mol. The maximum absolute atomic E-state index is 12.9. The van der Waals surface area contributed by atoms with Gasteiger partial charge < -0.3 is 14.8 Å². The molecule has 1 heterocycles. The van der Waals surface area contributed by atoms with Crippen LogP contribution in [0.2, 0.25) is 0 Å². The zero-order chi connectivity index (χ0) is 19.3. The van der Waals surface area contributed by atoms with Gasteiger partial charge in [-0.1, -0.05) is 30.0 Å². The molecule has 0 atom stereocenters. The molecule has 1 N–H and O–H groups in total. The van der Waals surface area contributed by atoms with Gasteiger partial charge in [0.2, 0.25) is 0 Å². The number of thioether (sulfide) groups is 1. The summed E-state index contributed by atoms with van der Waals surface area (Å²) in [5.41, 5.74) is 0.230. The summed E-state index contributed by atoms with van der Waals surface area (Å²) in [6, 6.07) is 9.32. The van der Waals surface area contributed by atoms with Crippen molar-refractivity contribution in [2.75, 3.05) is 25.3 Å². The van der Waals surface area contributed by atoms with Gasteiger partial charge in [-0.3, -0.25) is 9.36 Å². The Morgan fingerprint density at radius 1 is 1.23 bits per heavy atom. The Hall–Kier alpha value is -2.32. The summed E-state index contributed by atoms with van der Waals surface area (Å²) < 4.78 is 12.1. The number of nitrogens with zero attached hydrogens (tertiary/aromatic N) is 2. The van der Waals surface area contributed by atoms with Crippen molar-refractivity contribution in [3.05, 3.63) is 36.0 Å². The fraction of sp³-hybridized carbons (Fsp3) is 0.389. The molecule has 26 heavy (non-hydrogen) atoms. The van der Waals surface area contributed by atoms with E-state index in [1.54, 1.807) is 25.3 Å². The van der Waals surface area contributed by atoms with Crippen molar-refractivity contribution in [3.63, 3.8) is 0 Å². The van der Waals surface area contributed by atoms with Crippen LogP contribution in [-0.4, -0.2) is 47.0 Å². The summed E-state index contributed by atoms with van der Waals surface area (Å²) in [5, 5.41) is 3.19. The van der Waals surface area contributed by atoms with Crippen molar-refractivity contribution < 1.29 is 19.1 Å². The molecule has 0 aliphatic rings. The van der Waals surface area contributed by atoms with E-state index in [-0.39, 0.29) is 18.1 Å². The van der Waals surface area contributed by atoms with Gasteiger partial charge in [0.15, 0.2) is 16.7 Å².